The number of carbonyl (C=O) groups excluding carboxylic acids is 1. The number of nitrogens with zero attached hydrogens (tertiary/aromatic N) is 1. The number of hydrogen-bond acceptors (Lipinski definition) is 3. The molecule has 1 aromatic heterocycles. The van der Waals surface area contributed by atoms with Crippen LogP contribution in [-0.4, -0.2) is 30.0 Å². The molecule has 2 aromatic rings. The van der Waals surface area contributed by atoms with Crippen molar-refractivity contribution in [3.8, 4) is 0 Å². The smallest absolute Gasteiger partial charge is 0.253 e. The maximum atomic E-state index is 13.5. The van der Waals surface area contributed by atoms with Gasteiger partial charge in [-0.3, -0.25) is 9.78 Å². The number of piperidine rings is 1. The third-order valence-corrected chi connectivity index (χ3v) is 4.57. The predicted molar refractivity (Wildman–Crippen MR) is 89.8 cm³/mol. The Labute approximate surface area is 146 Å². The highest BCUT2D eigenvalue weighted by Crippen LogP contribution is 2.27. The minimum absolute atomic E-state index is 0.0783. The number of rotatable bonds is 3. The van der Waals surface area contributed by atoms with Crippen molar-refractivity contribution in [2.45, 2.75) is 18.4 Å². The zero-order chi connectivity index (χ0) is 17.1. The molecule has 0 bridgehead atoms. The molecule has 1 aliphatic heterocycles. The Kier molecular flexibility index (Phi) is 5.20. The highest BCUT2D eigenvalue weighted by Gasteiger charge is 2.28. The molecule has 0 aliphatic carbocycles. The van der Waals surface area contributed by atoms with Crippen LogP contribution in [0.15, 0.2) is 41.1 Å². The van der Waals surface area contributed by atoms with Gasteiger partial charge in [-0.2, -0.15) is 0 Å². The largest absolute Gasteiger partial charge is 0.347 e. The van der Waals surface area contributed by atoms with Crippen LogP contribution in [0.2, 0.25) is 0 Å². The molecule has 2 N–H and O–H groups in total. The molecule has 3 rings (SSSR count). The van der Waals surface area contributed by atoms with Gasteiger partial charge in [0, 0.05) is 35.4 Å². The number of nitrogens with one attached hydrogen (secondary N) is 2. The van der Waals surface area contributed by atoms with Crippen molar-refractivity contribution in [1.82, 2.24) is 15.6 Å². The van der Waals surface area contributed by atoms with E-state index in [1.807, 2.05) is 0 Å². The monoisotopic (exact) mass is 395 g/mol. The summed E-state index contributed by atoms with van der Waals surface area (Å²) >= 11 is 3.29. The summed E-state index contributed by atoms with van der Waals surface area (Å²) in [7, 11) is 0. The minimum atomic E-state index is -0.868. The number of benzene rings is 1. The fourth-order valence-corrected chi connectivity index (χ4v) is 3.30. The van der Waals surface area contributed by atoms with Crippen LogP contribution >= 0.6 is 15.9 Å². The van der Waals surface area contributed by atoms with Gasteiger partial charge in [0.25, 0.3) is 5.91 Å². The number of carbonyl (C=O) groups is 1. The summed E-state index contributed by atoms with van der Waals surface area (Å²) < 4.78 is 27.4. The Bertz CT molecular complexity index is 756. The Morgan fingerprint density at radius 2 is 2.08 bits per heavy atom. The number of hydrogen-bond donors (Lipinski definition) is 2. The van der Waals surface area contributed by atoms with Crippen LogP contribution in [0, 0.1) is 11.6 Å². The van der Waals surface area contributed by atoms with Gasteiger partial charge in [-0.15, -0.1) is 0 Å². The molecular weight excluding hydrogens is 380 g/mol. The molecule has 126 valence electrons. The lowest BCUT2D eigenvalue weighted by Gasteiger charge is -2.33. The van der Waals surface area contributed by atoms with Crippen molar-refractivity contribution in [1.29, 1.82) is 0 Å². The van der Waals surface area contributed by atoms with Crippen LogP contribution in [-0.2, 0) is 0 Å². The zero-order valence-electron chi connectivity index (χ0n) is 12.7. The first-order valence-electron chi connectivity index (χ1n) is 7.61. The van der Waals surface area contributed by atoms with Gasteiger partial charge >= 0.3 is 0 Å². The average molecular weight is 396 g/mol. The molecule has 0 spiro atoms. The van der Waals surface area contributed by atoms with Crippen LogP contribution < -0.4 is 10.6 Å². The molecule has 1 amide bonds. The second-order valence-electron chi connectivity index (χ2n) is 5.74. The van der Waals surface area contributed by atoms with Crippen molar-refractivity contribution < 1.29 is 13.6 Å². The van der Waals surface area contributed by atoms with E-state index in [9.17, 15) is 13.6 Å². The third-order valence-electron chi connectivity index (χ3n) is 4.14. The molecule has 2 unspecified atom stereocenters. The van der Waals surface area contributed by atoms with E-state index in [1.54, 1.807) is 18.3 Å². The van der Waals surface area contributed by atoms with E-state index in [1.165, 1.54) is 12.3 Å². The normalized spacial score (nSPS) is 20.6. The molecule has 24 heavy (non-hydrogen) atoms. The quantitative estimate of drug-likeness (QED) is 0.839. The summed E-state index contributed by atoms with van der Waals surface area (Å²) in [6.07, 6.45) is 3.82. The maximum absolute atomic E-state index is 13.5. The van der Waals surface area contributed by atoms with Gasteiger partial charge in [0.15, 0.2) is 11.6 Å². The summed E-state index contributed by atoms with van der Waals surface area (Å²) in [4.78, 5) is 16.4. The molecule has 1 aliphatic rings. The van der Waals surface area contributed by atoms with Crippen molar-refractivity contribution in [2.75, 3.05) is 13.1 Å². The van der Waals surface area contributed by atoms with Crippen molar-refractivity contribution in [2.24, 2.45) is 0 Å². The minimum Gasteiger partial charge on any atom is -0.347 e. The number of pyridine rings is 1. The predicted octanol–water partition coefficient (Wildman–Crippen LogP) is 3.00. The van der Waals surface area contributed by atoms with Crippen molar-refractivity contribution in [3.05, 3.63) is 63.9 Å². The molecule has 1 aromatic carbocycles. The summed E-state index contributed by atoms with van der Waals surface area (Å²) in [5, 5.41) is 6.19. The Hall–Kier alpha value is -1.86. The van der Waals surface area contributed by atoms with Crippen molar-refractivity contribution in [3.63, 3.8) is 0 Å². The molecule has 7 heteroatoms. The highest BCUT2D eigenvalue weighted by atomic mass is 79.9. The Morgan fingerprint density at radius 1 is 1.25 bits per heavy atom. The van der Waals surface area contributed by atoms with Crippen LogP contribution in [0.3, 0.4) is 0 Å². The van der Waals surface area contributed by atoms with E-state index in [0.29, 0.717) is 22.1 Å². The standard InChI is InChI=1S/C17H16BrF2N3O/c18-12-5-11(7-22-8-12)17(24)23-16-9-21-4-3-13(16)10-1-2-14(19)15(20)6-10/h1-2,5-8,13,16,21H,3-4,9H2,(H,23,24). The van der Waals surface area contributed by atoms with Crippen LogP contribution in [0.4, 0.5) is 8.78 Å². The molecule has 0 radical (unpaired) electrons. The zero-order valence-corrected chi connectivity index (χ0v) is 14.3. The molecule has 1 saturated heterocycles. The fraction of sp³-hybridized carbons (Fsp3) is 0.294. The van der Waals surface area contributed by atoms with Crippen LogP contribution in [0.1, 0.15) is 28.3 Å². The van der Waals surface area contributed by atoms with Crippen LogP contribution in [0.5, 0.6) is 0 Å². The first-order valence-corrected chi connectivity index (χ1v) is 8.41. The van der Waals surface area contributed by atoms with E-state index in [0.717, 1.165) is 19.0 Å². The van der Waals surface area contributed by atoms with Gasteiger partial charge in [-0.1, -0.05) is 6.07 Å². The average Bonchev–Trinajstić information content (AvgIpc) is 2.58. The fourth-order valence-electron chi connectivity index (χ4n) is 2.94. The van der Waals surface area contributed by atoms with E-state index in [-0.39, 0.29) is 17.9 Å². The lowest BCUT2D eigenvalue weighted by molar-refractivity contribution is 0.0924. The summed E-state index contributed by atoms with van der Waals surface area (Å²) in [6, 6.07) is 5.39. The van der Waals surface area contributed by atoms with Gasteiger partial charge in [-0.05, 0) is 52.7 Å². The highest BCUT2D eigenvalue weighted by molar-refractivity contribution is 9.10. The summed E-state index contributed by atoms with van der Waals surface area (Å²) in [6.45, 7) is 1.32. The molecule has 0 saturated carbocycles. The maximum Gasteiger partial charge on any atom is 0.253 e. The number of amides is 1. The second kappa shape index (κ2) is 7.36. The first kappa shape index (κ1) is 17.0. The van der Waals surface area contributed by atoms with Gasteiger partial charge in [0.2, 0.25) is 0 Å². The van der Waals surface area contributed by atoms with E-state index in [2.05, 4.69) is 31.5 Å². The summed E-state index contributed by atoms with van der Waals surface area (Å²) in [5.74, 6) is -2.06. The molecular formula is C17H16BrF2N3O. The van der Waals surface area contributed by atoms with Gasteiger partial charge < -0.3 is 10.6 Å². The lowest BCUT2D eigenvalue weighted by atomic mass is 9.86. The Balaban J connectivity index is 1.79. The second-order valence-corrected chi connectivity index (χ2v) is 6.66. The van der Waals surface area contributed by atoms with E-state index >= 15 is 0 Å². The van der Waals surface area contributed by atoms with E-state index < -0.39 is 11.6 Å². The number of aromatic nitrogens is 1. The molecule has 4 nitrogen and oxygen atoms in total. The molecule has 2 heterocycles. The topological polar surface area (TPSA) is 54.0 Å². The SMILES string of the molecule is O=C(NC1CNCCC1c1ccc(F)c(F)c1)c1cncc(Br)c1. The number of halogens is 3. The van der Waals surface area contributed by atoms with Gasteiger partial charge in [0.1, 0.15) is 0 Å². The first-order chi connectivity index (χ1) is 11.5. The van der Waals surface area contributed by atoms with Gasteiger partial charge in [0.05, 0.1) is 5.56 Å². The van der Waals surface area contributed by atoms with Gasteiger partial charge in [-0.25, -0.2) is 8.78 Å². The lowest BCUT2D eigenvalue weighted by Crippen LogP contribution is -2.50. The molecule has 1 fully saturated rings. The summed E-state index contributed by atoms with van der Waals surface area (Å²) in [5.41, 5.74) is 1.13. The van der Waals surface area contributed by atoms with E-state index in [4.69, 9.17) is 0 Å². The molecule has 2 atom stereocenters. The Morgan fingerprint density at radius 3 is 2.83 bits per heavy atom. The third kappa shape index (κ3) is 3.79. The van der Waals surface area contributed by atoms with Crippen molar-refractivity contribution >= 4 is 21.8 Å². The van der Waals surface area contributed by atoms with Crippen LogP contribution in [0.25, 0.3) is 0 Å².